The molecule has 0 saturated carbocycles. The predicted octanol–water partition coefficient (Wildman–Crippen LogP) is 6.03. The molecule has 2 aromatic rings. The fraction of sp³-hybridized carbons (Fsp3) is 0.250. The standard InChI is InChI=1S/C16H16ClFO.H2/c1-3-11(2)13-9-10-14(17)16(15(13)18)19-12-7-5-4-6-8-12;/h4-11H,3H2,1-2H3;1H/t11-;/m1./s1/i1D3,3D2;. The van der Waals surface area contributed by atoms with Gasteiger partial charge in [0.1, 0.15) is 5.75 Å². The first kappa shape index (κ1) is 8.60. The van der Waals surface area contributed by atoms with Crippen LogP contribution in [0.4, 0.5) is 4.39 Å². The summed E-state index contributed by atoms with van der Waals surface area (Å²) >= 11 is 5.99. The van der Waals surface area contributed by atoms with Gasteiger partial charge in [0, 0.05) is 8.28 Å². The number of para-hydroxylation sites is 1. The summed E-state index contributed by atoms with van der Waals surface area (Å²) in [5.41, 5.74) is -0.105. The van der Waals surface area contributed by atoms with Crippen molar-refractivity contribution < 1.29 is 17.4 Å². The van der Waals surface area contributed by atoms with Gasteiger partial charge in [-0.15, -0.1) is 0 Å². The zero-order chi connectivity index (χ0) is 18.1. The molecule has 1 nitrogen and oxygen atoms in total. The van der Waals surface area contributed by atoms with Crippen LogP contribution in [0.1, 0.15) is 39.9 Å². The Hall–Kier alpha value is -1.54. The van der Waals surface area contributed by atoms with Crippen molar-refractivity contribution in [3.63, 3.8) is 0 Å². The molecular weight excluding hydrogens is 263 g/mol. The van der Waals surface area contributed by atoms with Crippen LogP contribution < -0.4 is 4.74 Å². The van der Waals surface area contributed by atoms with Crippen LogP contribution in [0.25, 0.3) is 0 Å². The van der Waals surface area contributed by atoms with Crippen molar-refractivity contribution in [2.24, 2.45) is 0 Å². The van der Waals surface area contributed by atoms with E-state index in [1.165, 1.54) is 19.1 Å². The molecule has 0 radical (unpaired) electrons. The molecule has 19 heavy (non-hydrogen) atoms. The SMILES string of the molecule is [2H]C([2H])([2H])C([2H])([2H])[C@@H](C)c1ccc(Cl)c(Oc2ccccc2)c1F.[HH]. The van der Waals surface area contributed by atoms with Crippen molar-refractivity contribution in [3.05, 3.63) is 58.9 Å². The molecule has 102 valence electrons. The molecule has 1 atom stereocenters. The zero-order valence-corrected chi connectivity index (χ0v) is 11.0. The first-order chi connectivity index (χ1) is 11.1. The van der Waals surface area contributed by atoms with Gasteiger partial charge >= 0.3 is 0 Å². The van der Waals surface area contributed by atoms with Crippen LogP contribution in [0.2, 0.25) is 5.02 Å². The Bertz CT molecular complexity index is 721. The molecule has 0 aromatic heterocycles. The Morgan fingerprint density at radius 2 is 2.11 bits per heavy atom. The van der Waals surface area contributed by atoms with Crippen molar-refractivity contribution in [2.75, 3.05) is 0 Å². The minimum absolute atomic E-state index is 0. The number of halogens is 2. The Kier molecular flexibility index (Phi) is 2.75. The van der Waals surface area contributed by atoms with E-state index in [0.717, 1.165) is 0 Å². The van der Waals surface area contributed by atoms with Crippen LogP contribution in [0, 0.1) is 5.82 Å². The summed E-state index contributed by atoms with van der Waals surface area (Å²) in [6.07, 6.45) is -2.61. The fourth-order valence-corrected chi connectivity index (χ4v) is 1.84. The number of ether oxygens (including phenoxy) is 1. The molecule has 0 N–H and O–H groups in total. The average Bonchev–Trinajstić information content (AvgIpc) is 2.51. The van der Waals surface area contributed by atoms with Crippen molar-refractivity contribution in [1.82, 2.24) is 0 Å². The lowest BCUT2D eigenvalue weighted by Gasteiger charge is -2.15. The summed E-state index contributed by atoms with van der Waals surface area (Å²) in [7, 11) is 0. The second kappa shape index (κ2) is 6.07. The van der Waals surface area contributed by atoms with Gasteiger partial charge in [-0.05, 0) is 36.1 Å². The van der Waals surface area contributed by atoms with Crippen molar-refractivity contribution in [3.8, 4) is 11.5 Å². The van der Waals surface area contributed by atoms with E-state index in [0.29, 0.717) is 5.75 Å². The lowest BCUT2D eigenvalue weighted by molar-refractivity contribution is 0.435. The third-order valence-corrected chi connectivity index (χ3v) is 3.02. The van der Waals surface area contributed by atoms with Crippen LogP contribution in [0.15, 0.2) is 42.5 Å². The van der Waals surface area contributed by atoms with Gasteiger partial charge in [-0.25, -0.2) is 4.39 Å². The highest BCUT2D eigenvalue weighted by Gasteiger charge is 2.17. The summed E-state index contributed by atoms with van der Waals surface area (Å²) in [5, 5.41) is 0.0155. The van der Waals surface area contributed by atoms with E-state index < -0.39 is 25.0 Å². The summed E-state index contributed by atoms with van der Waals surface area (Å²) in [6.45, 7) is -1.57. The van der Waals surface area contributed by atoms with Crippen molar-refractivity contribution >= 4 is 11.6 Å². The lowest BCUT2D eigenvalue weighted by Crippen LogP contribution is -1.99. The van der Waals surface area contributed by atoms with E-state index in [-0.39, 0.29) is 17.8 Å². The van der Waals surface area contributed by atoms with Gasteiger partial charge in [0.15, 0.2) is 11.6 Å². The highest BCUT2D eigenvalue weighted by atomic mass is 35.5. The molecule has 0 heterocycles. The predicted molar refractivity (Wildman–Crippen MR) is 78.7 cm³/mol. The van der Waals surface area contributed by atoms with E-state index in [9.17, 15) is 4.39 Å². The van der Waals surface area contributed by atoms with E-state index >= 15 is 0 Å². The summed E-state index contributed by atoms with van der Waals surface area (Å²) in [5.74, 6) is -1.98. The largest absolute Gasteiger partial charge is 0.453 e. The third-order valence-electron chi connectivity index (χ3n) is 2.73. The second-order valence-corrected chi connectivity index (χ2v) is 4.47. The Morgan fingerprint density at radius 3 is 2.79 bits per heavy atom. The second-order valence-electron chi connectivity index (χ2n) is 4.06. The van der Waals surface area contributed by atoms with Gasteiger partial charge in [0.05, 0.1) is 5.02 Å². The molecule has 0 aliphatic rings. The zero-order valence-electron chi connectivity index (χ0n) is 15.3. The molecule has 0 aliphatic carbocycles. The molecular formula is C16H18ClFO. The first-order valence-electron chi connectivity index (χ1n) is 8.26. The molecule has 0 fully saturated rings. The molecule has 0 unspecified atom stereocenters. The highest BCUT2D eigenvalue weighted by Crippen LogP contribution is 2.36. The fourth-order valence-electron chi connectivity index (χ4n) is 1.66. The molecule has 2 rings (SSSR count). The molecule has 0 saturated heterocycles. The maximum atomic E-state index is 14.8. The molecule has 0 spiro atoms. The minimum atomic E-state index is -2.89. The monoisotopic (exact) mass is 285 g/mol. The quantitative estimate of drug-likeness (QED) is 0.666. The molecule has 3 heteroatoms. The van der Waals surface area contributed by atoms with Crippen LogP contribution in [-0.4, -0.2) is 0 Å². The number of benzene rings is 2. The lowest BCUT2D eigenvalue weighted by atomic mass is 9.98. The third kappa shape index (κ3) is 3.07. The number of hydrogen-bond donors (Lipinski definition) is 0. The molecule has 2 aromatic carbocycles. The minimum Gasteiger partial charge on any atom is -0.453 e. The maximum Gasteiger partial charge on any atom is 0.181 e. The summed E-state index contributed by atoms with van der Waals surface area (Å²) in [6, 6.07) is 11.1. The van der Waals surface area contributed by atoms with Gasteiger partial charge in [0.2, 0.25) is 0 Å². The number of hydrogen-bond acceptors (Lipinski definition) is 1. The molecule has 0 amide bonds. The normalized spacial score (nSPS) is 17.5. The van der Waals surface area contributed by atoms with Gasteiger partial charge in [-0.1, -0.05) is 49.6 Å². The van der Waals surface area contributed by atoms with E-state index in [1.807, 2.05) is 0 Å². The van der Waals surface area contributed by atoms with Crippen molar-refractivity contribution in [2.45, 2.75) is 26.1 Å². The van der Waals surface area contributed by atoms with Crippen molar-refractivity contribution in [1.29, 1.82) is 0 Å². The summed E-state index contributed by atoms with van der Waals surface area (Å²) < 4.78 is 58.0. The highest BCUT2D eigenvalue weighted by molar-refractivity contribution is 6.32. The Labute approximate surface area is 126 Å². The van der Waals surface area contributed by atoms with Gasteiger partial charge in [0.25, 0.3) is 0 Å². The summed E-state index contributed by atoms with van der Waals surface area (Å²) in [4.78, 5) is 0. The average molecular weight is 286 g/mol. The Balaban J connectivity index is 0.00000312. The maximum absolute atomic E-state index is 14.8. The van der Waals surface area contributed by atoms with E-state index in [1.54, 1.807) is 30.3 Å². The van der Waals surface area contributed by atoms with Crippen LogP contribution in [0.5, 0.6) is 11.5 Å². The molecule has 0 aliphatic heterocycles. The van der Waals surface area contributed by atoms with Gasteiger partial charge in [-0.2, -0.15) is 0 Å². The van der Waals surface area contributed by atoms with Crippen LogP contribution in [-0.2, 0) is 0 Å². The van der Waals surface area contributed by atoms with Gasteiger partial charge in [-0.3, -0.25) is 0 Å². The number of rotatable bonds is 4. The van der Waals surface area contributed by atoms with Gasteiger partial charge < -0.3 is 4.74 Å². The topological polar surface area (TPSA) is 9.23 Å². The van der Waals surface area contributed by atoms with Crippen LogP contribution >= 0.6 is 11.6 Å². The Morgan fingerprint density at radius 1 is 1.37 bits per heavy atom. The smallest absolute Gasteiger partial charge is 0.181 e. The van der Waals surface area contributed by atoms with Crippen LogP contribution in [0.3, 0.4) is 0 Å². The van der Waals surface area contributed by atoms with E-state index in [2.05, 4.69) is 0 Å². The molecule has 0 bridgehead atoms. The first-order valence-corrected chi connectivity index (χ1v) is 6.14. The van der Waals surface area contributed by atoms with E-state index in [4.69, 9.17) is 23.2 Å².